The highest BCUT2D eigenvalue weighted by atomic mass is 16.5. The van der Waals surface area contributed by atoms with Crippen molar-refractivity contribution in [2.45, 2.75) is 76.5 Å². The molecule has 1 aliphatic heterocycles. The van der Waals surface area contributed by atoms with Crippen LogP contribution in [-0.2, 0) is 9.53 Å². The molecule has 5 heteroatoms. The van der Waals surface area contributed by atoms with Gasteiger partial charge in [0.05, 0.1) is 18.8 Å². The highest BCUT2D eigenvalue weighted by Crippen LogP contribution is 2.31. The number of carbonyl (C=O) groups excluding carboxylic acids is 1. The van der Waals surface area contributed by atoms with Crippen molar-refractivity contribution in [3.05, 3.63) is 24.3 Å². The molecule has 0 unspecified atom stereocenters. The van der Waals surface area contributed by atoms with E-state index in [2.05, 4.69) is 5.32 Å². The summed E-state index contributed by atoms with van der Waals surface area (Å²) < 4.78 is 17.6. The van der Waals surface area contributed by atoms with Gasteiger partial charge in [0.25, 0.3) is 0 Å². The van der Waals surface area contributed by atoms with Gasteiger partial charge in [-0.15, -0.1) is 0 Å². The van der Waals surface area contributed by atoms with Crippen LogP contribution in [0.5, 0.6) is 11.5 Å². The number of para-hydroxylation sites is 2. The lowest BCUT2D eigenvalue weighted by molar-refractivity contribution is -0.123. The first-order valence-corrected chi connectivity index (χ1v) is 10.1. The molecular weight excluding hydrogens is 330 g/mol. The average Bonchev–Trinajstić information content (AvgIpc) is 3.09. The van der Waals surface area contributed by atoms with E-state index in [-0.39, 0.29) is 24.2 Å². The van der Waals surface area contributed by atoms with Crippen molar-refractivity contribution >= 4 is 5.91 Å². The Labute approximate surface area is 156 Å². The van der Waals surface area contributed by atoms with E-state index in [0.717, 1.165) is 56.6 Å². The van der Waals surface area contributed by atoms with E-state index in [9.17, 15) is 4.79 Å². The number of nitrogens with one attached hydrogen (secondary N) is 1. The molecule has 1 heterocycles. The molecule has 1 aromatic rings. The summed E-state index contributed by atoms with van der Waals surface area (Å²) in [5.41, 5.74) is 0. The first kappa shape index (κ1) is 19.0. The Balaban J connectivity index is 1.49. The SMILES string of the molecule is CCOc1ccccc1O[C@@H]1CCC[C@@H]1NC(=O)CC[C@@H]1CCCCO1. The molecule has 0 aromatic heterocycles. The van der Waals surface area contributed by atoms with Crippen LogP contribution in [0.25, 0.3) is 0 Å². The number of hydrogen-bond acceptors (Lipinski definition) is 4. The third-order valence-electron chi connectivity index (χ3n) is 5.19. The summed E-state index contributed by atoms with van der Waals surface area (Å²) in [6, 6.07) is 7.82. The number of ether oxygens (including phenoxy) is 3. The summed E-state index contributed by atoms with van der Waals surface area (Å²) in [4.78, 5) is 12.4. The molecule has 0 bridgehead atoms. The van der Waals surface area contributed by atoms with Gasteiger partial charge in [-0.05, 0) is 64.0 Å². The summed E-state index contributed by atoms with van der Waals surface area (Å²) in [6.07, 6.45) is 8.03. The first-order valence-electron chi connectivity index (χ1n) is 10.1. The molecule has 26 heavy (non-hydrogen) atoms. The van der Waals surface area contributed by atoms with Gasteiger partial charge >= 0.3 is 0 Å². The van der Waals surface area contributed by atoms with Gasteiger partial charge in [-0.2, -0.15) is 0 Å². The van der Waals surface area contributed by atoms with Crippen molar-refractivity contribution < 1.29 is 19.0 Å². The van der Waals surface area contributed by atoms with Crippen molar-refractivity contribution in [3.63, 3.8) is 0 Å². The maximum Gasteiger partial charge on any atom is 0.220 e. The van der Waals surface area contributed by atoms with E-state index in [4.69, 9.17) is 14.2 Å². The Morgan fingerprint density at radius 1 is 1.15 bits per heavy atom. The van der Waals surface area contributed by atoms with Gasteiger partial charge < -0.3 is 19.5 Å². The van der Waals surface area contributed by atoms with Crippen molar-refractivity contribution in [2.24, 2.45) is 0 Å². The molecule has 2 fully saturated rings. The van der Waals surface area contributed by atoms with Crippen LogP contribution < -0.4 is 14.8 Å². The van der Waals surface area contributed by atoms with Gasteiger partial charge in [0.1, 0.15) is 6.10 Å². The predicted molar refractivity (Wildman–Crippen MR) is 101 cm³/mol. The van der Waals surface area contributed by atoms with Crippen molar-refractivity contribution in [1.29, 1.82) is 0 Å². The molecule has 1 amide bonds. The number of rotatable bonds is 8. The van der Waals surface area contributed by atoms with E-state index in [1.54, 1.807) is 0 Å². The summed E-state index contributed by atoms with van der Waals surface area (Å²) in [6.45, 7) is 3.41. The molecular formula is C21H31NO4. The largest absolute Gasteiger partial charge is 0.490 e. The van der Waals surface area contributed by atoms with Gasteiger partial charge in [0.2, 0.25) is 5.91 Å². The Hall–Kier alpha value is -1.75. The molecule has 144 valence electrons. The topological polar surface area (TPSA) is 56.8 Å². The zero-order chi connectivity index (χ0) is 18.2. The number of hydrogen-bond donors (Lipinski definition) is 1. The minimum atomic E-state index is 0.00601. The standard InChI is InChI=1S/C21H31NO4/c1-2-24-19-10-3-4-11-20(19)26-18-12-7-9-17(18)22-21(23)14-13-16-8-5-6-15-25-16/h3-4,10-11,16-18H,2,5-9,12-15H2,1H3,(H,22,23)/t16-,17-,18+/m0/s1. The molecule has 3 rings (SSSR count). The minimum absolute atomic E-state index is 0.00601. The lowest BCUT2D eigenvalue weighted by Gasteiger charge is -2.25. The zero-order valence-electron chi connectivity index (χ0n) is 15.7. The van der Waals surface area contributed by atoms with E-state index >= 15 is 0 Å². The fourth-order valence-corrected chi connectivity index (χ4v) is 3.82. The monoisotopic (exact) mass is 361 g/mol. The molecule has 1 aliphatic carbocycles. The van der Waals surface area contributed by atoms with E-state index in [1.165, 1.54) is 6.42 Å². The zero-order valence-corrected chi connectivity index (χ0v) is 15.7. The second kappa shape index (κ2) is 9.81. The minimum Gasteiger partial charge on any atom is -0.490 e. The summed E-state index contributed by atoms with van der Waals surface area (Å²) in [5, 5.41) is 3.18. The smallest absolute Gasteiger partial charge is 0.220 e. The molecule has 0 radical (unpaired) electrons. The lowest BCUT2D eigenvalue weighted by Crippen LogP contribution is -2.42. The third kappa shape index (κ3) is 5.37. The number of amides is 1. The van der Waals surface area contributed by atoms with Crippen LogP contribution in [-0.4, -0.2) is 37.4 Å². The number of benzene rings is 1. The van der Waals surface area contributed by atoms with Crippen molar-refractivity contribution in [2.75, 3.05) is 13.2 Å². The molecule has 3 atom stereocenters. The second-order valence-electron chi connectivity index (χ2n) is 7.17. The highest BCUT2D eigenvalue weighted by Gasteiger charge is 2.31. The molecule has 1 saturated carbocycles. The molecule has 1 aromatic carbocycles. The fraction of sp³-hybridized carbons (Fsp3) is 0.667. The normalized spacial score (nSPS) is 25.7. The maximum absolute atomic E-state index is 12.4. The van der Waals surface area contributed by atoms with Crippen LogP contribution in [0.15, 0.2) is 24.3 Å². The van der Waals surface area contributed by atoms with Gasteiger partial charge in [-0.25, -0.2) is 0 Å². The van der Waals surface area contributed by atoms with Crippen LogP contribution in [0.1, 0.15) is 58.3 Å². The predicted octanol–water partition coefficient (Wildman–Crippen LogP) is 3.85. The van der Waals surface area contributed by atoms with Crippen LogP contribution in [0.3, 0.4) is 0 Å². The maximum atomic E-state index is 12.4. The molecule has 2 aliphatic rings. The van der Waals surface area contributed by atoms with E-state index in [0.29, 0.717) is 13.0 Å². The van der Waals surface area contributed by atoms with E-state index < -0.39 is 0 Å². The summed E-state index contributed by atoms with van der Waals surface area (Å²) in [5.74, 6) is 1.63. The van der Waals surface area contributed by atoms with Crippen LogP contribution >= 0.6 is 0 Å². The Kier molecular flexibility index (Phi) is 7.18. The second-order valence-corrected chi connectivity index (χ2v) is 7.17. The van der Waals surface area contributed by atoms with Gasteiger partial charge in [0.15, 0.2) is 11.5 Å². The molecule has 0 spiro atoms. The Morgan fingerprint density at radius 3 is 2.77 bits per heavy atom. The summed E-state index contributed by atoms with van der Waals surface area (Å²) >= 11 is 0. The third-order valence-corrected chi connectivity index (χ3v) is 5.19. The molecule has 1 saturated heterocycles. The summed E-state index contributed by atoms with van der Waals surface area (Å²) in [7, 11) is 0. The first-order chi connectivity index (χ1) is 12.8. The van der Waals surface area contributed by atoms with Gasteiger partial charge in [-0.1, -0.05) is 12.1 Å². The average molecular weight is 361 g/mol. The number of carbonyl (C=O) groups is 1. The Bertz CT molecular complexity index is 571. The van der Waals surface area contributed by atoms with E-state index in [1.807, 2.05) is 31.2 Å². The lowest BCUT2D eigenvalue weighted by atomic mass is 10.0. The van der Waals surface area contributed by atoms with Crippen LogP contribution in [0.2, 0.25) is 0 Å². The van der Waals surface area contributed by atoms with Gasteiger partial charge in [0, 0.05) is 13.0 Å². The van der Waals surface area contributed by atoms with Crippen LogP contribution in [0.4, 0.5) is 0 Å². The molecule has 1 N–H and O–H groups in total. The van der Waals surface area contributed by atoms with Crippen LogP contribution in [0, 0.1) is 0 Å². The highest BCUT2D eigenvalue weighted by molar-refractivity contribution is 5.76. The van der Waals surface area contributed by atoms with Gasteiger partial charge in [-0.3, -0.25) is 4.79 Å². The fourth-order valence-electron chi connectivity index (χ4n) is 3.82. The molecule has 5 nitrogen and oxygen atoms in total. The van der Waals surface area contributed by atoms with Crippen molar-refractivity contribution in [3.8, 4) is 11.5 Å². The van der Waals surface area contributed by atoms with Crippen molar-refractivity contribution in [1.82, 2.24) is 5.32 Å². The quantitative estimate of drug-likeness (QED) is 0.764. The Morgan fingerprint density at radius 2 is 2.00 bits per heavy atom.